The Labute approximate surface area is 168 Å². The van der Waals surface area contributed by atoms with Gasteiger partial charge in [-0.25, -0.2) is 9.59 Å². The minimum Gasteiger partial charge on any atom is -0.508 e. The maximum Gasteiger partial charge on any atom is 0.354 e. The van der Waals surface area contributed by atoms with Crippen LogP contribution in [-0.2, 0) is 11.3 Å². The largest absolute Gasteiger partial charge is 0.508 e. The molecule has 1 N–H and O–H groups in total. The number of ether oxygens (including phenoxy) is 1. The third-order valence-electron chi connectivity index (χ3n) is 5.74. The summed E-state index contributed by atoms with van der Waals surface area (Å²) >= 11 is 0. The number of likely N-dealkylation sites (tertiary alicyclic amines) is 1. The highest BCUT2D eigenvalue weighted by Crippen LogP contribution is 2.30. The molecule has 0 radical (unpaired) electrons. The second-order valence-corrected chi connectivity index (χ2v) is 7.48. The van der Waals surface area contributed by atoms with E-state index in [-0.39, 0.29) is 17.8 Å². The number of phenols is 1. The van der Waals surface area contributed by atoms with Crippen molar-refractivity contribution in [2.45, 2.75) is 32.4 Å². The van der Waals surface area contributed by atoms with Crippen LogP contribution < -0.4 is 5.63 Å². The summed E-state index contributed by atoms with van der Waals surface area (Å²) in [5.74, 6) is -0.203. The number of piperidine rings is 1. The third kappa shape index (κ3) is 3.65. The molecule has 0 aliphatic carbocycles. The molecule has 3 aromatic rings. The van der Waals surface area contributed by atoms with Gasteiger partial charge in [-0.1, -0.05) is 0 Å². The normalized spacial score (nSPS) is 15.7. The van der Waals surface area contributed by atoms with E-state index in [0.29, 0.717) is 23.4 Å². The van der Waals surface area contributed by atoms with Crippen LogP contribution in [0.5, 0.6) is 5.75 Å². The van der Waals surface area contributed by atoms with Gasteiger partial charge in [0.25, 0.3) is 0 Å². The summed E-state index contributed by atoms with van der Waals surface area (Å²) in [7, 11) is 1.39. The monoisotopic (exact) mass is 396 g/mol. The molecule has 0 unspecified atom stereocenters. The Morgan fingerprint density at radius 1 is 1.28 bits per heavy atom. The highest BCUT2D eigenvalue weighted by molar-refractivity contribution is 5.87. The number of hydrogen-bond donors (Lipinski definition) is 1. The van der Waals surface area contributed by atoms with Crippen LogP contribution in [0.3, 0.4) is 0 Å². The van der Waals surface area contributed by atoms with Crippen LogP contribution in [0.4, 0.5) is 0 Å². The van der Waals surface area contributed by atoms with Crippen molar-refractivity contribution in [3.05, 3.63) is 63.8 Å². The standard InChI is InChI=1S/C22H24N2O5/c1-14-19(25)6-5-17-15(12-20(26)29-21(14)17)13-23-10-7-16(8-11-23)24-9-3-4-18(24)22(27)28-2/h3-6,9,12,16,25H,7-8,10-11,13H2,1-2H3. The predicted molar refractivity (Wildman–Crippen MR) is 108 cm³/mol. The number of phenolic OH excluding ortho intramolecular Hbond substituents is 1. The molecule has 0 bridgehead atoms. The number of nitrogens with zero attached hydrogens (tertiary/aromatic N) is 2. The fraction of sp³-hybridized carbons (Fsp3) is 0.364. The van der Waals surface area contributed by atoms with Crippen molar-refractivity contribution in [2.75, 3.05) is 20.2 Å². The Morgan fingerprint density at radius 2 is 2.03 bits per heavy atom. The molecule has 4 rings (SSSR count). The summed E-state index contributed by atoms with van der Waals surface area (Å²) in [5, 5.41) is 10.8. The van der Waals surface area contributed by atoms with E-state index >= 15 is 0 Å². The number of hydrogen-bond acceptors (Lipinski definition) is 6. The SMILES string of the molecule is COC(=O)c1cccn1C1CCN(Cc2cc(=O)oc3c(C)c(O)ccc23)CC1. The molecule has 1 saturated heterocycles. The molecule has 1 aliphatic rings. The highest BCUT2D eigenvalue weighted by atomic mass is 16.5. The van der Waals surface area contributed by atoms with Gasteiger partial charge in [-0.2, -0.15) is 0 Å². The van der Waals surface area contributed by atoms with Crippen molar-refractivity contribution in [1.29, 1.82) is 0 Å². The average molecular weight is 396 g/mol. The molecule has 1 aromatic carbocycles. The topological polar surface area (TPSA) is 84.9 Å². The van der Waals surface area contributed by atoms with Crippen molar-refractivity contribution >= 4 is 16.9 Å². The molecule has 0 amide bonds. The lowest BCUT2D eigenvalue weighted by molar-refractivity contribution is 0.0581. The van der Waals surface area contributed by atoms with E-state index < -0.39 is 5.63 Å². The Balaban J connectivity index is 1.51. The van der Waals surface area contributed by atoms with E-state index in [0.717, 1.165) is 36.9 Å². The van der Waals surface area contributed by atoms with E-state index in [1.54, 1.807) is 25.1 Å². The van der Waals surface area contributed by atoms with Gasteiger partial charge >= 0.3 is 11.6 Å². The molecule has 7 nitrogen and oxygen atoms in total. The van der Waals surface area contributed by atoms with Crippen LogP contribution in [0.1, 0.15) is 40.5 Å². The first kappa shape index (κ1) is 19.3. The second kappa shape index (κ2) is 7.75. The maximum absolute atomic E-state index is 12.0. The van der Waals surface area contributed by atoms with E-state index in [4.69, 9.17) is 9.15 Å². The zero-order valence-electron chi connectivity index (χ0n) is 16.6. The Morgan fingerprint density at radius 3 is 2.76 bits per heavy atom. The Hall–Kier alpha value is -3.06. The van der Waals surface area contributed by atoms with Crippen molar-refractivity contribution in [1.82, 2.24) is 9.47 Å². The third-order valence-corrected chi connectivity index (χ3v) is 5.74. The number of carbonyl (C=O) groups is 1. The summed E-state index contributed by atoms with van der Waals surface area (Å²) in [6, 6.07) is 8.86. The molecule has 152 valence electrons. The molecular formula is C22H24N2O5. The van der Waals surface area contributed by atoms with E-state index in [2.05, 4.69) is 4.90 Å². The number of rotatable bonds is 4. The highest BCUT2D eigenvalue weighted by Gasteiger charge is 2.24. The molecular weight excluding hydrogens is 372 g/mol. The van der Waals surface area contributed by atoms with Gasteiger partial charge in [0.1, 0.15) is 17.0 Å². The molecule has 0 atom stereocenters. The predicted octanol–water partition coefficient (Wildman–Crippen LogP) is 3.23. The molecule has 3 heterocycles. The zero-order chi connectivity index (χ0) is 20.5. The fourth-order valence-corrected chi connectivity index (χ4v) is 4.13. The first-order valence-electron chi connectivity index (χ1n) is 9.70. The Kier molecular flexibility index (Phi) is 5.15. The van der Waals surface area contributed by atoms with Gasteiger partial charge in [0.15, 0.2) is 0 Å². The average Bonchev–Trinajstić information content (AvgIpc) is 3.21. The van der Waals surface area contributed by atoms with Crippen LogP contribution in [0.2, 0.25) is 0 Å². The molecule has 7 heteroatoms. The van der Waals surface area contributed by atoms with E-state index in [1.807, 2.05) is 16.8 Å². The van der Waals surface area contributed by atoms with Crippen molar-refractivity contribution in [3.8, 4) is 5.75 Å². The first-order chi connectivity index (χ1) is 14.0. The quantitative estimate of drug-likeness (QED) is 0.538. The van der Waals surface area contributed by atoms with Gasteiger partial charge in [-0.05, 0) is 49.6 Å². The molecule has 29 heavy (non-hydrogen) atoms. The van der Waals surface area contributed by atoms with Crippen molar-refractivity contribution in [3.63, 3.8) is 0 Å². The summed E-state index contributed by atoms with van der Waals surface area (Å²) in [6.07, 6.45) is 3.73. The first-order valence-corrected chi connectivity index (χ1v) is 9.70. The van der Waals surface area contributed by atoms with E-state index in [1.165, 1.54) is 13.2 Å². The lowest BCUT2D eigenvalue weighted by Gasteiger charge is -2.33. The number of esters is 1. The van der Waals surface area contributed by atoms with Gasteiger partial charge in [0.2, 0.25) is 0 Å². The summed E-state index contributed by atoms with van der Waals surface area (Å²) < 4.78 is 12.2. The molecule has 0 saturated carbocycles. The van der Waals surface area contributed by atoms with Crippen molar-refractivity contribution < 1.29 is 19.1 Å². The van der Waals surface area contributed by atoms with Gasteiger partial charge in [0, 0.05) is 48.9 Å². The lowest BCUT2D eigenvalue weighted by atomic mass is 10.0. The van der Waals surface area contributed by atoms with Crippen LogP contribution in [0.25, 0.3) is 11.0 Å². The number of aromatic nitrogens is 1. The van der Waals surface area contributed by atoms with Gasteiger partial charge < -0.3 is 18.8 Å². The number of aromatic hydroxyl groups is 1. The smallest absolute Gasteiger partial charge is 0.354 e. The van der Waals surface area contributed by atoms with Crippen LogP contribution in [0.15, 0.2) is 45.7 Å². The van der Waals surface area contributed by atoms with Gasteiger partial charge in [-0.15, -0.1) is 0 Å². The number of carbonyl (C=O) groups excluding carboxylic acids is 1. The summed E-state index contributed by atoms with van der Waals surface area (Å²) in [5.41, 5.74) is 2.08. The van der Waals surface area contributed by atoms with Gasteiger partial charge in [-0.3, -0.25) is 4.90 Å². The van der Waals surface area contributed by atoms with Crippen LogP contribution >= 0.6 is 0 Å². The molecule has 0 spiro atoms. The maximum atomic E-state index is 12.0. The molecule has 1 aliphatic heterocycles. The van der Waals surface area contributed by atoms with Gasteiger partial charge in [0.05, 0.1) is 7.11 Å². The number of methoxy groups -OCH3 is 1. The molecule has 2 aromatic heterocycles. The van der Waals surface area contributed by atoms with E-state index in [9.17, 15) is 14.7 Å². The summed E-state index contributed by atoms with van der Waals surface area (Å²) in [6.45, 7) is 4.07. The minimum absolute atomic E-state index is 0.117. The van der Waals surface area contributed by atoms with Crippen molar-refractivity contribution in [2.24, 2.45) is 0 Å². The Bertz CT molecular complexity index is 1110. The fourth-order valence-electron chi connectivity index (χ4n) is 4.13. The number of aryl methyl sites for hydroxylation is 1. The van der Waals surface area contributed by atoms with Crippen LogP contribution in [-0.4, -0.2) is 40.7 Å². The zero-order valence-corrected chi connectivity index (χ0v) is 16.6. The second-order valence-electron chi connectivity index (χ2n) is 7.48. The molecule has 1 fully saturated rings. The summed E-state index contributed by atoms with van der Waals surface area (Å²) in [4.78, 5) is 26.3. The van der Waals surface area contributed by atoms with Crippen LogP contribution in [0, 0.1) is 6.92 Å². The lowest BCUT2D eigenvalue weighted by Crippen LogP contribution is -2.35. The number of benzene rings is 1. The number of fused-ring (bicyclic) bond motifs is 1. The minimum atomic E-state index is -0.411.